The molecule has 1 rings (SSSR count). The van der Waals surface area contributed by atoms with E-state index >= 15 is 0 Å². The van der Waals surface area contributed by atoms with Gasteiger partial charge in [0.15, 0.2) is 5.78 Å². The van der Waals surface area contributed by atoms with Crippen molar-refractivity contribution >= 4 is 18.7 Å². The molecule has 0 aliphatic heterocycles. The first kappa shape index (κ1) is 14.9. The second-order valence-electron chi connectivity index (χ2n) is 3.59. The average molecular weight is 272 g/mol. The van der Waals surface area contributed by atoms with Crippen LogP contribution in [0.1, 0.15) is 31.1 Å². The van der Waals surface area contributed by atoms with E-state index < -0.39 is 7.60 Å². The van der Waals surface area contributed by atoms with E-state index in [0.29, 0.717) is 0 Å². The largest absolute Gasteiger partial charge is 0.507 e. The lowest BCUT2D eigenvalue weighted by atomic mass is 10.1. The summed E-state index contributed by atoms with van der Waals surface area (Å²) >= 11 is 0. The van der Waals surface area contributed by atoms with Gasteiger partial charge >= 0.3 is 7.60 Å². The number of ketones is 1. The summed E-state index contributed by atoms with van der Waals surface area (Å²) in [6.45, 7) is 5.20. The van der Waals surface area contributed by atoms with E-state index in [1.807, 2.05) is 0 Å². The molecule has 5 nitrogen and oxygen atoms in total. The van der Waals surface area contributed by atoms with E-state index in [1.54, 1.807) is 13.8 Å². The average Bonchev–Trinajstić information content (AvgIpc) is 2.29. The fourth-order valence-corrected chi connectivity index (χ4v) is 3.10. The van der Waals surface area contributed by atoms with Gasteiger partial charge in [-0.05, 0) is 39.0 Å². The Kier molecular flexibility index (Phi) is 5.08. The van der Waals surface area contributed by atoms with Gasteiger partial charge in [0.1, 0.15) is 5.75 Å². The predicted octanol–water partition coefficient (Wildman–Crippen LogP) is 2.49. The number of phenols is 1. The van der Waals surface area contributed by atoms with Crippen LogP contribution < -0.4 is 5.30 Å². The summed E-state index contributed by atoms with van der Waals surface area (Å²) in [6.07, 6.45) is 0. The first-order valence-corrected chi connectivity index (χ1v) is 7.22. The molecule has 0 saturated heterocycles. The molecule has 6 heteroatoms. The Hall–Kier alpha value is -1.16. The van der Waals surface area contributed by atoms with Crippen molar-refractivity contribution < 1.29 is 23.5 Å². The number of hydrogen-bond acceptors (Lipinski definition) is 5. The topological polar surface area (TPSA) is 72.8 Å². The number of hydrogen-bond donors (Lipinski definition) is 1. The number of aromatic hydroxyl groups is 1. The van der Waals surface area contributed by atoms with Crippen molar-refractivity contribution in [1.82, 2.24) is 0 Å². The Labute approximate surface area is 106 Å². The molecule has 1 aromatic carbocycles. The number of Topliss-reactive ketones (excluding diaryl/α,β-unsaturated/α-hetero) is 1. The summed E-state index contributed by atoms with van der Waals surface area (Å²) in [5.74, 6) is -0.459. The van der Waals surface area contributed by atoms with Gasteiger partial charge in [-0.2, -0.15) is 0 Å². The zero-order valence-electron chi connectivity index (χ0n) is 10.7. The molecule has 0 aliphatic rings. The first-order chi connectivity index (χ1) is 8.44. The summed E-state index contributed by atoms with van der Waals surface area (Å²) < 4.78 is 22.8. The highest BCUT2D eigenvalue weighted by Gasteiger charge is 2.27. The zero-order valence-corrected chi connectivity index (χ0v) is 11.6. The van der Waals surface area contributed by atoms with Gasteiger partial charge in [-0.25, -0.2) is 0 Å². The molecule has 0 unspecified atom stereocenters. The highest BCUT2D eigenvalue weighted by Crippen LogP contribution is 2.47. The van der Waals surface area contributed by atoms with Crippen LogP contribution in [-0.2, 0) is 13.6 Å². The summed E-state index contributed by atoms with van der Waals surface area (Å²) in [5.41, 5.74) is 0.104. The van der Waals surface area contributed by atoms with Crippen LogP contribution in [0.25, 0.3) is 0 Å². The Balaban J connectivity index is 3.25. The highest BCUT2D eigenvalue weighted by molar-refractivity contribution is 7.62. The highest BCUT2D eigenvalue weighted by atomic mass is 31.2. The maximum Gasteiger partial charge on any atom is 0.361 e. The van der Waals surface area contributed by atoms with Gasteiger partial charge in [-0.1, -0.05) is 0 Å². The number of rotatable bonds is 6. The zero-order chi connectivity index (χ0) is 13.8. The number of benzene rings is 1. The Morgan fingerprint density at radius 1 is 1.28 bits per heavy atom. The van der Waals surface area contributed by atoms with Crippen molar-refractivity contribution in [3.8, 4) is 5.75 Å². The van der Waals surface area contributed by atoms with E-state index in [-0.39, 0.29) is 35.6 Å². The molecule has 1 N–H and O–H groups in total. The predicted molar refractivity (Wildman–Crippen MR) is 68.6 cm³/mol. The third-order valence-electron chi connectivity index (χ3n) is 2.27. The van der Waals surface area contributed by atoms with Crippen LogP contribution in [-0.4, -0.2) is 24.1 Å². The fourth-order valence-electron chi connectivity index (χ4n) is 1.50. The molecule has 0 heterocycles. The van der Waals surface area contributed by atoms with Crippen LogP contribution in [0.15, 0.2) is 18.2 Å². The van der Waals surface area contributed by atoms with E-state index in [4.69, 9.17) is 9.05 Å². The summed E-state index contributed by atoms with van der Waals surface area (Å²) in [7, 11) is -3.42. The summed E-state index contributed by atoms with van der Waals surface area (Å²) in [4.78, 5) is 11.3. The van der Waals surface area contributed by atoms with E-state index in [2.05, 4.69) is 0 Å². The SMILES string of the molecule is CCOP(=O)(OCC)c1ccc(O)c(C(C)=O)c1. The van der Waals surface area contributed by atoms with Gasteiger partial charge in [0.2, 0.25) is 0 Å². The lowest BCUT2D eigenvalue weighted by Crippen LogP contribution is -2.12. The quantitative estimate of drug-likeness (QED) is 0.636. The number of carbonyl (C=O) groups is 1. The molecule has 1 aromatic rings. The second kappa shape index (κ2) is 6.14. The van der Waals surface area contributed by atoms with E-state index in [9.17, 15) is 14.5 Å². The molecular weight excluding hydrogens is 255 g/mol. The summed E-state index contributed by atoms with van der Waals surface area (Å²) in [6, 6.07) is 4.11. The van der Waals surface area contributed by atoms with E-state index in [0.717, 1.165) is 0 Å². The van der Waals surface area contributed by atoms with Crippen molar-refractivity contribution in [3.63, 3.8) is 0 Å². The normalized spacial score (nSPS) is 11.5. The minimum atomic E-state index is -3.42. The minimum absolute atomic E-state index is 0.104. The molecular formula is C12H17O5P. The van der Waals surface area contributed by atoms with E-state index in [1.165, 1.54) is 25.1 Å². The van der Waals surface area contributed by atoms with Crippen molar-refractivity contribution in [2.45, 2.75) is 20.8 Å². The molecule has 0 spiro atoms. The summed E-state index contributed by atoms with van der Waals surface area (Å²) in [5, 5.41) is 9.81. The van der Waals surface area contributed by atoms with Crippen molar-refractivity contribution in [3.05, 3.63) is 23.8 Å². The maximum atomic E-state index is 12.5. The first-order valence-electron chi connectivity index (χ1n) is 5.68. The Bertz CT molecular complexity index is 473. The maximum absolute atomic E-state index is 12.5. The van der Waals surface area contributed by atoms with Crippen LogP contribution in [0.5, 0.6) is 5.75 Å². The van der Waals surface area contributed by atoms with Gasteiger partial charge in [-0.3, -0.25) is 9.36 Å². The van der Waals surface area contributed by atoms with Crippen LogP contribution in [0, 0.1) is 0 Å². The van der Waals surface area contributed by atoms with Crippen LogP contribution in [0.3, 0.4) is 0 Å². The monoisotopic (exact) mass is 272 g/mol. The number of phenolic OH excluding ortho intramolecular Hbond substituents is 1. The van der Waals surface area contributed by atoms with Gasteiger partial charge in [0, 0.05) is 0 Å². The third-order valence-corrected chi connectivity index (χ3v) is 4.38. The van der Waals surface area contributed by atoms with Gasteiger partial charge in [0.25, 0.3) is 0 Å². The van der Waals surface area contributed by atoms with Crippen LogP contribution in [0.4, 0.5) is 0 Å². The number of carbonyl (C=O) groups excluding carboxylic acids is 1. The standard InChI is InChI=1S/C12H17O5P/c1-4-16-18(15,17-5-2)10-6-7-12(14)11(8-10)9(3)13/h6-8,14H,4-5H2,1-3H3. The molecule has 0 aliphatic carbocycles. The third kappa shape index (κ3) is 3.19. The van der Waals surface area contributed by atoms with Crippen molar-refractivity contribution in [1.29, 1.82) is 0 Å². The second-order valence-corrected chi connectivity index (χ2v) is 5.62. The van der Waals surface area contributed by atoms with Gasteiger partial charge < -0.3 is 14.2 Å². The Morgan fingerprint density at radius 3 is 2.28 bits per heavy atom. The van der Waals surface area contributed by atoms with Crippen molar-refractivity contribution in [2.75, 3.05) is 13.2 Å². The minimum Gasteiger partial charge on any atom is -0.507 e. The molecule has 0 aromatic heterocycles. The lowest BCUT2D eigenvalue weighted by molar-refractivity contribution is 0.101. The van der Waals surface area contributed by atoms with Crippen LogP contribution in [0.2, 0.25) is 0 Å². The lowest BCUT2D eigenvalue weighted by Gasteiger charge is -2.17. The Morgan fingerprint density at radius 2 is 1.83 bits per heavy atom. The molecule has 0 radical (unpaired) electrons. The molecule has 100 valence electrons. The molecule has 0 bridgehead atoms. The smallest absolute Gasteiger partial charge is 0.361 e. The van der Waals surface area contributed by atoms with Gasteiger partial charge in [-0.15, -0.1) is 0 Å². The molecule has 0 amide bonds. The van der Waals surface area contributed by atoms with Crippen molar-refractivity contribution in [2.24, 2.45) is 0 Å². The van der Waals surface area contributed by atoms with Crippen LogP contribution >= 0.6 is 7.60 Å². The molecule has 0 fully saturated rings. The fraction of sp³-hybridized carbons (Fsp3) is 0.417. The molecule has 18 heavy (non-hydrogen) atoms. The van der Waals surface area contributed by atoms with Gasteiger partial charge in [0.05, 0.1) is 24.1 Å². The molecule has 0 atom stereocenters. The molecule has 0 saturated carbocycles.